The fourth-order valence-electron chi connectivity index (χ4n) is 2.51. The smallest absolute Gasteiger partial charge is 0.160 e. The molecule has 1 heterocycles. The Hall–Kier alpha value is -1.26. The van der Waals surface area contributed by atoms with E-state index in [-0.39, 0.29) is 5.75 Å². The molecule has 1 aromatic carbocycles. The topological polar surface area (TPSA) is 44.7 Å². The van der Waals surface area contributed by atoms with E-state index in [0.717, 1.165) is 19.6 Å². The molecule has 0 spiro atoms. The standard InChI is InChI=1S/C14H22N2O2/c1-15-12-4-3-7-16(10-12)9-11-5-6-13(17)14(8-11)18-2/h5-6,8,12,15,17H,3-4,7,9-10H2,1-2H3. The Morgan fingerprint density at radius 1 is 1.50 bits per heavy atom. The van der Waals surface area contributed by atoms with Gasteiger partial charge in [-0.05, 0) is 44.1 Å². The molecule has 1 unspecified atom stereocenters. The van der Waals surface area contributed by atoms with Crippen molar-refractivity contribution in [3.63, 3.8) is 0 Å². The summed E-state index contributed by atoms with van der Waals surface area (Å²) in [6.07, 6.45) is 2.49. The molecule has 1 aromatic rings. The monoisotopic (exact) mass is 250 g/mol. The number of hydrogen-bond acceptors (Lipinski definition) is 4. The first-order chi connectivity index (χ1) is 8.72. The molecule has 1 atom stereocenters. The highest BCUT2D eigenvalue weighted by Gasteiger charge is 2.18. The Morgan fingerprint density at radius 2 is 2.33 bits per heavy atom. The number of benzene rings is 1. The zero-order chi connectivity index (χ0) is 13.0. The molecular weight excluding hydrogens is 228 g/mol. The van der Waals surface area contributed by atoms with Gasteiger partial charge in [-0.15, -0.1) is 0 Å². The number of likely N-dealkylation sites (tertiary alicyclic amines) is 1. The minimum atomic E-state index is 0.202. The molecule has 4 nitrogen and oxygen atoms in total. The number of methoxy groups -OCH3 is 1. The third kappa shape index (κ3) is 3.15. The molecule has 4 heteroatoms. The average molecular weight is 250 g/mol. The van der Waals surface area contributed by atoms with Gasteiger partial charge in [0.1, 0.15) is 0 Å². The van der Waals surface area contributed by atoms with Gasteiger partial charge in [-0.1, -0.05) is 6.07 Å². The highest BCUT2D eigenvalue weighted by atomic mass is 16.5. The first kappa shape index (κ1) is 13.2. The number of piperidine rings is 1. The summed E-state index contributed by atoms with van der Waals surface area (Å²) in [5.74, 6) is 0.752. The molecule has 1 aliphatic heterocycles. The second-order valence-corrected chi connectivity index (χ2v) is 4.87. The molecule has 0 aliphatic carbocycles. The molecular formula is C14H22N2O2. The molecule has 1 aliphatic rings. The number of likely N-dealkylation sites (N-methyl/N-ethyl adjacent to an activating group) is 1. The van der Waals surface area contributed by atoms with Crippen LogP contribution in [-0.4, -0.2) is 43.3 Å². The summed E-state index contributed by atoms with van der Waals surface area (Å²) in [6, 6.07) is 6.17. The number of nitrogens with zero attached hydrogens (tertiary/aromatic N) is 1. The van der Waals surface area contributed by atoms with E-state index in [1.165, 1.54) is 18.4 Å². The SMILES string of the molecule is CNC1CCCN(Cc2ccc(O)c(OC)c2)C1. The van der Waals surface area contributed by atoms with Crippen molar-refractivity contribution in [3.05, 3.63) is 23.8 Å². The van der Waals surface area contributed by atoms with Crippen molar-refractivity contribution >= 4 is 0 Å². The van der Waals surface area contributed by atoms with Crippen LogP contribution in [0, 0.1) is 0 Å². The van der Waals surface area contributed by atoms with Gasteiger partial charge in [0, 0.05) is 19.1 Å². The van der Waals surface area contributed by atoms with Crippen LogP contribution in [0.15, 0.2) is 18.2 Å². The van der Waals surface area contributed by atoms with Gasteiger partial charge < -0.3 is 15.2 Å². The highest BCUT2D eigenvalue weighted by Crippen LogP contribution is 2.27. The number of rotatable bonds is 4. The summed E-state index contributed by atoms with van der Waals surface area (Å²) in [5, 5.41) is 12.9. The second kappa shape index (κ2) is 6.07. The Bertz CT molecular complexity index is 395. The van der Waals surface area contributed by atoms with Crippen LogP contribution in [0.3, 0.4) is 0 Å². The molecule has 0 amide bonds. The Balaban J connectivity index is 2.00. The van der Waals surface area contributed by atoms with Gasteiger partial charge in [-0.3, -0.25) is 4.90 Å². The fraction of sp³-hybridized carbons (Fsp3) is 0.571. The van der Waals surface area contributed by atoms with Crippen molar-refractivity contribution in [2.75, 3.05) is 27.2 Å². The van der Waals surface area contributed by atoms with Crippen LogP contribution >= 0.6 is 0 Å². The largest absolute Gasteiger partial charge is 0.504 e. The predicted octanol–water partition coefficient (Wildman–Crippen LogP) is 1.58. The Kier molecular flexibility index (Phi) is 4.44. The van der Waals surface area contributed by atoms with Crippen LogP contribution in [-0.2, 0) is 6.54 Å². The zero-order valence-electron chi connectivity index (χ0n) is 11.1. The lowest BCUT2D eigenvalue weighted by molar-refractivity contribution is 0.188. The van der Waals surface area contributed by atoms with Crippen LogP contribution in [0.25, 0.3) is 0 Å². The quantitative estimate of drug-likeness (QED) is 0.851. The van der Waals surface area contributed by atoms with Crippen LogP contribution in [0.1, 0.15) is 18.4 Å². The molecule has 0 bridgehead atoms. The molecule has 0 saturated carbocycles. The molecule has 100 valence electrons. The first-order valence-corrected chi connectivity index (χ1v) is 6.48. The summed E-state index contributed by atoms with van der Waals surface area (Å²) in [6.45, 7) is 3.13. The van der Waals surface area contributed by atoms with Crippen LogP contribution in [0.2, 0.25) is 0 Å². The zero-order valence-corrected chi connectivity index (χ0v) is 11.1. The van der Waals surface area contributed by atoms with Crippen molar-refractivity contribution in [1.29, 1.82) is 0 Å². The molecule has 0 radical (unpaired) electrons. The lowest BCUT2D eigenvalue weighted by Crippen LogP contribution is -2.43. The predicted molar refractivity (Wildman–Crippen MR) is 72.0 cm³/mol. The number of aromatic hydroxyl groups is 1. The van der Waals surface area contributed by atoms with Gasteiger partial charge in [0.05, 0.1) is 7.11 Å². The summed E-state index contributed by atoms with van der Waals surface area (Å²) >= 11 is 0. The maximum absolute atomic E-state index is 9.57. The first-order valence-electron chi connectivity index (χ1n) is 6.48. The van der Waals surface area contributed by atoms with Gasteiger partial charge in [-0.25, -0.2) is 0 Å². The third-order valence-electron chi connectivity index (χ3n) is 3.56. The van der Waals surface area contributed by atoms with E-state index in [0.29, 0.717) is 11.8 Å². The summed E-state index contributed by atoms with van der Waals surface area (Å²) in [7, 11) is 3.61. The average Bonchev–Trinajstić information content (AvgIpc) is 2.41. The lowest BCUT2D eigenvalue weighted by atomic mass is 10.0. The van der Waals surface area contributed by atoms with Crippen LogP contribution in [0.5, 0.6) is 11.5 Å². The van der Waals surface area contributed by atoms with E-state index in [1.54, 1.807) is 13.2 Å². The minimum absolute atomic E-state index is 0.202. The fourth-order valence-corrected chi connectivity index (χ4v) is 2.51. The molecule has 0 aromatic heterocycles. The van der Waals surface area contributed by atoms with Gasteiger partial charge in [0.25, 0.3) is 0 Å². The Labute approximate surface area is 109 Å². The van der Waals surface area contributed by atoms with E-state index < -0.39 is 0 Å². The molecule has 1 fully saturated rings. The van der Waals surface area contributed by atoms with Crippen molar-refractivity contribution in [3.8, 4) is 11.5 Å². The lowest BCUT2D eigenvalue weighted by Gasteiger charge is -2.32. The number of hydrogen-bond donors (Lipinski definition) is 2. The van der Waals surface area contributed by atoms with E-state index in [4.69, 9.17) is 4.74 Å². The van der Waals surface area contributed by atoms with Crippen molar-refractivity contribution in [2.45, 2.75) is 25.4 Å². The molecule has 2 N–H and O–H groups in total. The van der Waals surface area contributed by atoms with Gasteiger partial charge in [-0.2, -0.15) is 0 Å². The van der Waals surface area contributed by atoms with Gasteiger partial charge in [0.15, 0.2) is 11.5 Å². The summed E-state index contributed by atoms with van der Waals surface area (Å²) in [5.41, 5.74) is 1.18. The second-order valence-electron chi connectivity index (χ2n) is 4.87. The van der Waals surface area contributed by atoms with E-state index in [1.807, 2.05) is 19.2 Å². The molecule has 1 saturated heterocycles. The molecule has 2 rings (SSSR count). The van der Waals surface area contributed by atoms with E-state index in [2.05, 4.69) is 10.2 Å². The van der Waals surface area contributed by atoms with Crippen molar-refractivity contribution in [1.82, 2.24) is 10.2 Å². The van der Waals surface area contributed by atoms with E-state index >= 15 is 0 Å². The molecule has 18 heavy (non-hydrogen) atoms. The summed E-state index contributed by atoms with van der Waals surface area (Å²) < 4.78 is 5.14. The van der Waals surface area contributed by atoms with Crippen molar-refractivity contribution in [2.24, 2.45) is 0 Å². The summed E-state index contributed by atoms with van der Waals surface area (Å²) in [4.78, 5) is 2.44. The Morgan fingerprint density at radius 3 is 3.06 bits per heavy atom. The van der Waals surface area contributed by atoms with Crippen LogP contribution in [0.4, 0.5) is 0 Å². The number of ether oxygens (including phenoxy) is 1. The number of phenols is 1. The van der Waals surface area contributed by atoms with Gasteiger partial charge in [0.2, 0.25) is 0 Å². The third-order valence-corrected chi connectivity index (χ3v) is 3.56. The van der Waals surface area contributed by atoms with Crippen LogP contribution < -0.4 is 10.1 Å². The van der Waals surface area contributed by atoms with Crippen molar-refractivity contribution < 1.29 is 9.84 Å². The van der Waals surface area contributed by atoms with E-state index in [9.17, 15) is 5.11 Å². The highest BCUT2D eigenvalue weighted by molar-refractivity contribution is 5.41. The normalized spacial score (nSPS) is 20.9. The maximum atomic E-state index is 9.57. The maximum Gasteiger partial charge on any atom is 0.160 e. The minimum Gasteiger partial charge on any atom is -0.504 e. The number of phenolic OH excluding ortho intramolecular Hbond substituents is 1. The van der Waals surface area contributed by atoms with Gasteiger partial charge >= 0.3 is 0 Å². The number of nitrogens with one attached hydrogen (secondary N) is 1.